The molecule has 1 fully saturated rings. The molecule has 0 bridgehead atoms. The third kappa shape index (κ3) is 5.75. The molecule has 9 heteroatoms. The van der Waals surface area contributed by atoms with Crippen molar-refractivity contribution < 1.29 is 22.7 Å². The minimum absolute atomic E-state index is 0.0612. The second-order valence-corrected chi connectivity index (χ2v) is 10.6. The maximum Gasteiger partial charge on any atom is 0.262 e. The number of likely N-dealkylation sites (N-methyl/N-ethyl adjacent to an activating group) is 1. The van der Waals surface area contributed by atoms with Crippen LogP contribution in [0.2, 0.25) is 0 Å². The van der Waals surface area contributed by atoms with Crippen LogP contribution in [-0.2, 0) is 14.8 Å². The Balaban J connectivity index is 1.37. The lowest BCUT2D eigenvalue weighted by atomic mass is 9.94. The van der Waals surface area contributed by atoms with Gasteiger partial charge in [-0.05, 0) is 56.2 Å². The van der Waals surface area contributed by atoms with E-state index in [1.165, 1.54) is 31.4 Å². The van der Waals surface area contributed by atoms with E-state index in [1.807, 2.05) is 18.9 Å². The Morgan fingerprint density at radius 3 is 2.29 bits per heavy atom. The van der Waals surface area contributed by atoms with Crippen molar-refractivity contribution in [3.63, 3.8) is 0 Å². The second-order valence-electron chi connectivity index (χ2n) is 8.95. The van der Waals surface area contributed by atoms with Crippen molar-refractivity contribution in [1.82, 2.24) is 4.90 Å². The topological polar surface area (TPSA) is 97.0 Å². The molecule has 1 amide bonds. The van der Waals surface area contributed by atoms with Crippen LogP contribution in [-0.4, -0.2) is 51.6 Å². The lowest BCUT2D eigenvalue weighted by Crippen LogP contribution is -2.45. The molecule has 0 aromatic heterocycles. The van der Waals surface area contributed by atoms with Crippen molar-refractivity contribution >= 4 is 27.3 Å². The van der Waals surface area contributed by atoms with Crippen molar-refractivity contribution in [2.75, 3.05) is 30.3 Å². The number of anilines is 2. The van der Waals surface area contributed by atoms with Crippen molar-refractivity contribution in [3.8, 4) is 11.5 Å². The van der Waals surface area contributed by atoms with E-state index in [0.717, 1.165) is 24.9 Å². The lowest BCUT2D eigenvalue weighted by Gasteiger charge is -2.33. The fraction of sp³-hybridized carbons (Fsp3) is 0.480. The number of hydrogen-bond donors (Lipinski definition) is 2. The first-order valence-corrected chi connectivity index (χ1v) is 13.4. The highest BCUT2D eigenvalue weighted by atomic mass is 32.2. The Kier molecular flexibility index (Phi) is 7.50. The van der Waals surface area contributed by atoms with Gasteiger partial charge in [-0.3, -0.25) is 9.52 Å². The Bertz CT molecular complexity index is 1100. The molecule has 1 heterocycles. The summed E-state index contributed by atoms with van der Waals surface area (Å²) in [5.41, 5.74) is 1.17. The zero-order chi connectivity index (χ0) is 24.1. The molecule has 34 heavy (non-hydrogen) atoms. The highest BCUT2D eigenvalue weighted by molar-refractivity contribution is 7.92. The average molecular weight is 488 g/mol. The summed E-state index contributed by atoms with van der Waals surface area (Å²) in [7, 11) is -1.92. The van der Waals surface area contributed by atoms with Crippen LogP contribution in [0.5, 0.6) is 11.5 Å². The van der Waals surface area contributed by atoms with Gasteiger partial charge in [-0.1, -0.05) is 19.3 Å². The van der Waals surface area contributed by atoms with E-state index in [-0.39, 0.29) is 16.8 Å². The van der Waals surface area contributed by atoms with Gasteiger partial charge in [0.1, 0.15) is 6.04 Å². The predicted octanol–water partition coefficient (Wildman–Crippen LogP) is 4.24. The highest BCUT2D eigenvalue weighted by Crippen LogP contribution is 2.32. The molecule has 2 N–H and O–H groups in total. The van der Waals surface area contributed by atoms with E-state index < -0.39 is 10.0 Å². The molecule has 0 unspecified atom stereocenters. The van der Waals surface area contributed by atoms with Crippen LogP contribution >= 0.6 is 0 Å². The first kappa shape index (κ1) is 24.2. The maximum absolute atomic E-state index is 12.9. The first-order chi connectivity index (χ1) is 16.3. The van der Waals surface area contributed by atoms with Crippen LogP contribution in [0.1, 0.15) is 45.4 Å². The molecule has 2 aliphatic rings. The van der Waals surface area contributed by atoms with E-state index >= 15 is 0 Å². The lowest BCUT2D eigenvalue weighted by molar-refractivity contribution is -0.133. The number of sulfonamides is 1. The van der Waals surface area contributed by atoms with Crippen molar-refractivity contribution in [3.05, 3.63) is 42.5 Å². The summed E-state index contributed by atoms with van der Waals surface area (Å²) in [6, 6.07) is 11.4. The summed E-state index contributed by atoms with van der Waals surface area (Å²) in [5.74, 6) is 1.03. The van der Waals surface area contributed by atoms with Gasteiger partial charge in [0, 0.05) is 37.0 Å². The summed E-state index contributed by atoms with van der Waals surface area (Å²) >= 11 is 0. The Labute approximate surface area is 201 Å². The minimum atomic E-state index is -3.80. The van der Waals surface area contributed by atoms with Crippen LogP contribution < -0.4 is 19.5 Å². The molecule has 1 atom stereocenters. The van der Waals surface area contributed by atoms with E-state index in [0.29, 0.717) is 36.4 Å². The third-order valence-electron chi connectivity index (χ3n) is 6.39. The summed E-state index contributed by atoms with van der Waals surface area (Å²) in [6.45, 7) is 2.87. The number of carbonyl (C=O) groups is 1. The van der Waals surface area contributed by atoms with E-state index in [2.05, 4.69) is 10.0 Å². The van der Waals surface area contributed by atoms with E-state index in [1.54, 1.807) is 30.3 Å². The average Bonchev–Trinajstić information content (AvgIpc) is 3.09. The monoisotopic (exact) mass is 487 g/mol. The number of nitrogens with one attached hydrogen (secondary N) is 2. The zero-order valence-electron chi connectivity index (χ0n) is 19.7. The summed E-state index contributed by atoms with van der Waals surface area (Å²) in [4.78, 5) is 14.8. The molecule has 4 rings (SSSR count). The fourth-order valence-electron chi connectivity index (χ4n) is 4.42. The zero-order valence-corrected chi connectivity index (χ0v) is 20.6. The van der Waals surface area contributed by atoms with Gasteiger partial charge in [-0.25, -0.2) is 8.42 Å². The number of carbonyl (C=O) groups excluding carboxylic acids is 1. The number of nitrogens with zero attached hydrogens (tertiary/aromatic N) is 1. The smallest absolute Gasteiger partial charge is 0.262 e. The van der Waals surface area contributed by atoms with Crippen molar-refractivity contribution in [2.24, 2.45) is 0 Å². The molecule has 2 aromatic carbocycles. The molecule has 1 saturated carbocycles. The van der Waals surface area contributed by atoms with Crippen LogP contribution in [0, 0.1) is 0 Å². The number of hydrogen-bond acceptors (Lipinski definition) is 6. The van der Waals surface area contributed by atoms with Crippen LogP contribution in [0.3, 0.4) is 0 Å². The van der Waals surface area contributed by atoms with Crippen molar-refractivity contribution in [1.29, 1.82) is 0 Å². The Hall–Kier alpha value is -2.94. The van der Waals surface area contributed by atoms with Gasteiger partial charge < -0.3 is 19.7 Å². The third-order valence-corrected chi connectivity index (χ3v) is 7.77. The molecule has 0 spiro atoms. The van der Waals surface area contributed by atoms with Crippen LogP contribution in [0.4, 0.5) is 11.4 Å². The Morgan fingerprint density at radius 1 is 0.941 bits per heavy atom. The predicted molar refractivity (Wildman–Crippen MR) is 132 cm³/mol. The first-order valence-electron chi connectivity index (χ1n) is 11.9. The van der Waals surface area contributed by atoms with Gasteiger partial charge in [-0.15, -0.1) is 0 Å². The van der Waals surface area contributed by atoms with Gasteiger partial charge in [0.05, 0.1) is 18.1 Å². The highest BCUT2D eigenvalue weighted by Gasteiger charge is 2.25. The molecule has 184 valence electrons. The number of rotatable bonds is 7. The van der Waals surface area contributed by atoms with Gasteiger partial charge in [0.25, 0.3) is 10.0 Å². The van der Waals surface area contributed by atoms with Crippen molar-refractivity contribution in [2.45, 2.75) is 62.4 Å². The van der Waals surface area contributed by atoms with E-state index in [9.17, 15) is 13.2 Å². The molecule has 1 aliphatic carbocycles. The SMILES string of the molecule is C[C@@H](Nc1ccc(NS(=O)(=O)c2ccc3c(c2)OCCCO3)cc1)C(=O)N(C)C1CCCCC1. The van der Waals surface area contributed by atoms with Gasteiger partial charge >= 0.3 is 0 Å². The normalized spacial score (nSPS) is 17.4. The largest absolute Gasteiger partial charge is 0.490 e. The van der Waals surface area contributed by atoms with Gasteiger partial charge in [-0.2, -0.15) is 0 Å². The summed E-state index contributed by atoms with van der Waals surface area (Å²) in [6.07, 6.45) is 6.47. The summed E-state index contributed by atoms with van der Waals surface area (Å²) in [5, 5.41) is 3.22. The number of fused-ring (bicyclic) bond motifs is 1. The molecule has 0 radical (unpaired) electrons. The summed E-state index contributed by atoms with van der Waals surface area (Å²) < 4.78 is 39.5. The molecular weight excluding hydrogens is 454 g/mol. The van der Waals surface area contributed by atoms with Gasteiger partial charge in [0.2, 0.25) is 5.91 Å². The maximum atomic E-state index is 12.9. The fourth-order valence-corrected chi connectivity index (χ4v) is 5.50. The van der Waals surface area contributed by atoms with Crippen LogP contribution in [0.25, 0.3) is 0 Å². The Morgan fingerprint density at radius 2 is 1.59 bits per heavy atom. The van der Waals surface area contributed by atoms with Gasteiger partial charge in [0.15, 0.2) is 11.5 Å². The van der Waals surface area contributed by atoms with E-state index in [4.69, 9.17) is 9.47 Å². The second kappa shape index (κ2) is 10.5. The molecule has 8 nitrogen and oxygen atoms in total. The molecule has 2 aromatic rings. The number of benzene rings is 2. The quantitative estimate of drug-likeness (QED) is 0.606. The minimum Gasteiger partial charge on any atom is -0.490 e. The molecule has 0 saturated heterocycles. The standard InChI is InChI=1S/C25H33N3O5S/c1-18(25(29)28(2)21-7-4-3-5-8-21)26-19-9-11-20(12-10-19)27-34(30,31)22-13-14-23-24(17-22)33-16-6-15-32-23/h9-14,17-18,21,26-27H,3-8,15-16H2,1-2H3/t18-/m1/s1. The molecular formula is C25H33N3O5S. The van der Waals surface area contributed by atoms with Crippen LogP contribution in [0.15, 0.2) is 47.4 Å². The molecule has 1 aliphatic heterocycles. The number of ether oxygens (including phenoxy) is 2. The number of amides is 1.